The lowest BCUT2D eigenvalue weighted by Crippen LogP contribution is -2.38. The van der Waals surface area contributed by atoms with Gasteiger partial charge in [0.25, 0.3) is 0 Å². The second kappa shape index (κ2) is 7.50. The van der Waals surface area contributed by atoms with E-state index in [4.69, 9.17) is 4.74 Å². The molecule has 3 aromatic heterocycles. The van der Waals surface area contributed by atoms with E-state index in [1.165, 1.54) is 10.9 Å². The summed E-state index contributed by atoms with van der Waals surface area (Å²) in [7, 11) is 0. The maximum Gasteiger partial charge on any atom is 0.112 e. The molecule has 1 N–H and O–H groups in total. The molecule has 28 heavy (non-hydrogen) atoms. The zero-order valence-corrected chi connectivity index (χ0v) is 15.5. The molecule has 6 heteroatoms. The first-order valence-electron chi connectivity index (χ1n) is 9.49. The largest absolute Gasteiger partial charge is 0.369 e. The molecule has 0 radical (unpaired) electrons. The zero-order valence-electron chi connectivity index (χ0n) is 15.5. The lowest BCUT2D eigenvalue weighted by molar-refractivity contribution is -0.0348. The molecule has 1 aromatic carbocycles. The number of benzene rings is 1. The second-order valence-corrected chi connectivity index (χ2v) is 7.02. The fourth-order valence-electron chi connectivity index (χ4n) is 3.73. The summed E-state index contributed by atoms with van der Waals surface area (Å²) in [5, 5.41) is 8.18. The molecule has 0 saturated carbocycles. The SMILES string of the molecule is c1ccc2c(CN3CCO[C@H](c4ccc(-c5ccn[nH]5)cn4)C3)ccnc2c1. The first kappa shape index (κ1) is 17.0. The maximum atomic E-state index is 6.01. The number of hydrogen-bond acceptors (Lipinski definition) is 5. The van der Waals surface area contributed by atoms with E-state index in [2.05, 4.69) is 55.4 Å². The third kappa shape index (κ3) is 3.40. The highest BCUT2D eigenvalue weighted by atomic mass is 16.5. The monoisotopic (exact) mass is 371 g/mol. The predicted octanol–water partition coefficient (Wildman–Crippen LogP) is 3.59. The second-order valence-electron chi connectivity index (χ2n) is 7.02. The summed E-state index contributed by atoms with van der Waals surface area (Å²) < 4.78 is 6.01. The predicted molar refractivity (Wildman–Crippen MR) is 108 cm³/mol. The van der Waals surface area contributed by atoms with E-state index in [1.807, 2.05) is 30.6 Å². The van der Waals surface area contributed by atoms with Crippen LogP contribution in [0.1, 0.15) is 17.4 Å². The average Bonchev–Trinajstić information content (AvgIpc) is 3.29. The number of ether oxygens (including phenoxy) is 1. The van der Waals surface area contributed by atoms with Crippen molar-refractivity contribution in [3.05, 3.63) is 78.4 Å². The molecule has 5 rings (SSSR count). The van der Waals surface area contributed by atoms with E-state index in [0.717, 1.165) is 42.1 Å². The number of hydrogen-bond donors (Lipinski definition) is 1. The van der Waals surface area contributed by atoms with E-state index in [1.54, 1.807) is 6.20 Å². The van der Waals surface area contributed by atoms with Crippen molar-refractivity contribution in [2.24, 2.45) is 0 Å². The van der Waals surface area contributed by atoms with Crippen LogP contribution in [0.25, 0.3) is 22.2 Å². The minimum atomic E-state index is -0.0160. The van der Waals surface area contributed by atoms with Gasteiger partial charge in [-0.2, -0.15) is 5.10 Å². The molecule has 0 aliphatic carbocycles. The minimum Gasteiger partial charge on any atom is -0.369 e. The Bertz CT molecular complexity index is 1060. The number of morpholine rings is 1. The fourth-order valence-corrected chi connectivity index (χ4v) is 3.73. The van der Waals surface area contributed by atoms with Crippen LogP contribution in [0.4, 0.5) is 0 Å². The number of aromatic amines is 1. The van der Waals surface area contributed by atoms with Crippen LogP contribution in [0.2, 0.25) is 0 Å². The molecule has 1 saturated heterocycles. The van der Waals surface area contributed by atoms with Crippen LogP contribution in [0.15, 0.2) is 67.1 Å². The van der Waals surface area contributed by atoms with E-state index < -0.39 is 0 Å². The summed E-state index contributed by atoms with van der Waals surface area (Å²) >= 11 is 0. The van der Waals surface area contributed by atoms with E-state index in [0.29, 0.717) is 6.61 Å². The number of rotatable bonds is 4. The lowest BCUT2D eigenvalue weighted by atomic mass is 10.1. The number of nitrogens with one attached hydrogen (secondary N) is 1. The zero-order chi connectivity index (χ0) is 18.8. The summed E-state index contributed by atoms with van der Waals surface area (Å²) in [5.41, 5.74) is 5.30. The van der Waals surface area contributed by atoms with Crippen LogP contribution in [0, 0.1) is 0 Å². The first-order valence-corrected chi connectivity index (χ1v) is 9.49. The fraction of sp³-hybridized carbons (Fsp3) is 0.227. The summed E-state index contributed by atoms with van der Waals surface area (Å²) in [6, 6.07) is 16.5. The quantitative estimate of drug-likeness (QED) is 0.594. The Morgan fingerprint density at radius 2 is 2.00 bits per heavy atom. The van der Waals surface area contributed by atoms with E-state index in [-0.39, 0.29) is 6.10 Å². The van der Waals surface area contributed by atoms with Crippen LogP contribution in [-0.2, 0) is 11.3 Å². The van der Waals surface area contributed by atoms with Gasteiger partial charge >= 0.3 is 0 Å². The van der Waals surface area contributed by atoms with Gasteiger partial charge in [0.2, 0.25) is 0 Å². The molecule has 0 amide bonds. The van der Waals surface area contributed by atoms with E-state index >= 15 is 0 Å². The maximum absolute atomic E-state index is 6.01. The number of nitrogens with zero attached hydrogens (tertiary/aromatic N) is 4. The third-order valence-electron chi connectivity index (χ3n) is 5.21. The summed E-state index contributed by atoms with van der Waals surface area (Å²) in [5.74, 6) is 0. The van der Waals surface area contributed by atoms with Crippen molar-refractivity contribution in [1.82, 2.24) is 25.1 Å². The average molecular weight is 371 g/mol. The first-order chi connectivity index (χ1) is 13.9. The molecule has 1 aliphatic rings. The molecule has 1 atom stereocenters. The van der Waals surface area contributed by atoms with Crippen molar-refractivity contribution >= 4 is 10.9 Å². The Morgan fingerprint density at radius 1 is 1.04 bits per heavy atom. The number of pyridine rings is 2. The molecule has 6 nitrogen and oxygen atoms in total. The number of fused-ring (bicyclic) bond motifs is 1. The van der Waals surface area contributed by atoms with Gasteiger partial charge in [0, 0.05) is 49.2 Å². The van der Waals surface area contributed by atoms with Crippen LogP contribution < -0.4 is 0 Å². The minimum absolute atomic E-state index is 0.0160. The molecule has 1 fully saturated rings. The van der Waals surface area contributed by atoms with Gasteiger partial charge in [-0.15, -0.1) is 0 Å². The van der Waals surface area contributed by atoms with Crippen LogP contribution in [0.5, 0.6) is 0 Å². The smallest absolute Gasteiger partial charge is 0.112 e. The molecule has 4 heterocycles. The van der Waals surface area contributed by atoms with Gasteiger partial charge in [0.05, 0.1) is 23.5 Å². The number of H-pyrrole nitrogens is 1. The number of aromatic nitrogens is 4. The Hall–Kier alpha value is -3.09. The lowest BCUT2D eigenvalue weighted by Gasteiger charge is -2.32. The van der Waals surface area contributed by atoms with Crippen molar-refractivity contribution in [3.8, 4) is 11.3 Å². The molecule has 1 aliphatic heterocycles. The third-order valence-corrected chi connectivity index (χ3v) is 5.21. The van der Waals surface area contributed by atoms with Crippen molar-refractivity contribution < 1.29 is 4.74 Å². The van der Waals surface area contributed by atoms with Crippen molar-refractivity contribution in [3.63, 3.8) is 0 Å². The standard InChI is InChI=1S/C22H21N5O/c1-2-4-20-18(3-1)17(7-9-23-20)14-27-11-12-28-22(15-27)21-6-5-16(13-24-21)19-8-10-25-26-19/h1-10,13,22H,11-12,14-15H2,(H,25,26)/t22-/m0/s1. The van der Waals surface area contributed by atoms with Crippen molar-refractivity contribution in [2.45, 2.75) is 12.6 Å². The number of para-hydroxylation sites is 1. The van der Waals surface area contributed by atoms with Crippen molar-refractivity contribution in [2.75, 3.05) is 19.7 Å². The van der Waals surface area contributed by atoms with Gasteiger partial charge in [-0.25, -0.2) is 0 Å². The normalized spacial score (nSPS) is 17.8. The Morgan fingerprint density at radius 3 is 2.86 bits per heavy atom. The molecule has 0 bridgehead atoms. The van der Waals surface area contributed by atoms with Crippen LogP contribution >= 0.6 is 0 Å². The van der Waals surface area contributed by atoms with Crippen molar-refractivity contribution in [1.29, 1.82) is 0 Å². The summed E-state index contributed by atoms with van der Waals surface area (Å²) in [6.07, 6.45) is 5.50. The molecule has 4 aromatic rings. The van der Waals surface area contributed by atoms with Gasteiger partial charge in [-0.1, -0.05) is 18.2 Å². The molecular formula is C22H21N5O. The van der Waals surface area contributed by atoms with Gasteiger partial charge < -0.3 is 4.74 Å². The molecule has 0 unspecified atom stereocenters. The van der Waals surface area contributed by atoms with Gasteiger partial charge in [-0.05, 0) is 35.9 Å². The highest BCUT2D eigenvalue weighted by molar-refractivity contribution is 5.81. The van der Waals surface area contributed by atoms with Gasteiger partial charge in [-0.3, -0.25) is 20.0 Å². The topological polar surface area (TPSA) is 66.9 Å². The van der Waals surface area contributed by atoms with E-state index in [9.17, 15) is 0 Å². The Balaban J connectivity index is 1.32. The molecular weight excluding hydrogens is 350 g/mol. The van der Waals surface area contributed by atoms with Gasteiger partial charge in [0.15, 0.2) is 0 Å². The highest BCUT2D eigenvalue weighted by Crippen LogP contribution is 2.25. The molecule has 0 spiro atoms. The highest BCUT2D eigenvalue weighted by Gasteiger charge is 2.23. The van der Waals surface area contributed by atoms with Gasteiger partial charge in [0.1, 0.15) is 6.10 Å². The molecule has 140 valence electrons. The van der Waals surface area contributed by atoms with Crippen LogP contribution in [0.3, 0.4) is 0 Å². The summed E-state index contributed by atoms with van der Waals surface area (Å²) in [6.45, 7) is 3.33. The Labute approximate surface area is 163 Å². The Kier molecular flexibility index (Phi) is 4.56. The summed E-state index contributed by atoms with van der Waals surface area (Å²) in [4.78, 5) is 11.5. The van der Waals surface area contributed by atoms with Crippen LogP contribution in [-0.4, -0.2) is 44.8 Å².